The number of allylic oxidation sites excluding steroid dienone is 1. The molecular formula is C31H33ClF2N2O4. The monoisotopic (exact) mass is 570 g/mol. The van der Waals surface area contributed by atoms with E-state index in [9.17, 15) is 19.4 Å². The summed E-state index contributed by atoms with van der Waals surface area (Å²) >= 11 is 6.16. The van der Waals surface area contributed by atoms with Gasteiger partial charge in [0.25, 0.3) is 0 Å². The van der Waals surface area contributed by atoms with Crippen molar-refractivity contribution in [1.29, 1.82) is 5.41 Å². The fraction of sp³-hybridized carbons (Fsp3) is 0.419. The van der Waals surface area contributed by atoms with Crippen molar-refractivity contribution in [1.82, 2.24) is 4.57 Å². The van der Waals surface area contributed by atoms with E-state index in [2.05, 4.69) is 0 Å². The van der Waals surface area contributed by atoms with Crippen LogP contribution in [0.15, 0.2) is 53.9 Å². The van der Waals surface area contributed by atoms with Gasteiger partial charge in [-0.25, -0.2) is 13.6 Å². The van der Waals surface area contributed by atoms with Crippen molar-refractivity contribution < 1.29 is 28.5 Å². The lowest BCUT2D eigenvalue weighted by molar-refractivity contribution is -0.00377. The normalized spacial score (nSPS) is 21.9. The number of nitrogens with zero attached hydrogens (tertiary/aromatic N) is 1. The van der Waals surface area contributed by atoms with Crippen LogP contribution in [-0.4, -0.2) is 45.3 Å². The van der Waals surface area contributed by atoms with E-state index < -0.39 is 17.5 Å². The predicted octanol–water partition coefficient (Wildman–Crippen LogP) is 7.82. The second-order valence-corrected chi connectivity index (χ2v) is 11.3. The molecule has 1 aromatic heterocycles. The Balaban J connectivity index is 1.24. The Hall–Kier alpha value is -3.23. The highest BCUT2D eigenvalue weighted by Crippen LogP contribution is 2.42. The van der Waals surface area contributed by atoms with Crippen molar-refractivity contribution in [2.24, 2.45) is 5.92 Å². The second-order valence-electron chi connectivity index (χ2n) is 10.9. The topological polar surface area (TPSA) is 95.5 Å². The van der Waals surface area contributed by atoms with Gasteiger partial charge in [0, 0.05) is 35.1 Å². The number of aliphatic hydroxyl groups excluding tert-OH is 1. The lowest BCUT2D eigenvalue weighted by atomic mass is 9.77. The lowest BCUT2D eigenvalue weighted by Gasteiger charge is -2.34. The van der Waals surface area contributed by atoms with E-state index in [-0.39, 0.29) is 71.1 Å². The molecule has 0 bridgehead atoms. The Morgan fingerprint density at radius 1 is 1.18 bits per heavy atom. The van der Waals surface area contributed by atoms with Gasteiger partial charge in [0.15, 0.2) is 0 Å². The number of hydrogen-bond donors (Lipinski definition) is 3. The lowest BCUT2D eigenvalue weighted by Crippen LogP contribution is -2.34. The minimum absolute atomic E-state index is 0.0146. The summed E-state index contributed by atoms with van der Waals surface area (Å²) in [6.45, 7) is 2.21. The molecule has 2 aliphatic rings. The molecule has 9 heteroatoms. The number of aromatic nitrogens is 1. The quantitative estimate of drug-likeness (QED) is 0.171. The summed E-state index contributed by atoms with van der Waals surface area (Å²) in [7, 11) is 0. The fourth-order valence-corrected chi connectivity index (χ4v) is 5.97. The van der Waals surface area contributed by atoms with E-state index in [0.29, 0.717) is 24.8 Å². The zero-order chi connectivity index (χ0) is 28.6. The Kier molecular flexibility index (Phi) is 8.02. The van der Waals surface area contributed by atoms with Gasteiger partial charge in [-0.3, -0.25) is 5.41 Å². The van der Waals surface area contributed by atoms with Crippen molar-refractivity contribution in [2.45, 2.75) is 63.6 Å². The SMILES string of the molecule is CCn1cc(C(=O)O)c2ccc(C3CCC(F)(COC/C(C(=N)c4c(F)cccc4Cl)=C(/O)C4CC4)CC3)cc21. The number of ether oxygens (including phenoxy) is 1. The van der Waals surface area contributed by atoms with Gasteiger partial charge in [-0.05, 0) is 75.1 Å². The molecule has 0 amide bonds. The summed E-state index contributed by atoms with van der Waals surface area (Å²) in [5, 5.41) is 29.6. The number of aliphatic hydroxyl groups is 1. The summed E-state index contributed by atoms with van der Waals surface area (Å²) in [5.41, 5.74) is 0.437. The van der Waals surface area contributed by atoms with E-state index >= 15 is 4.39 Å². The van der Waals surface area contributed by atoms with Gasteiger partial charge in [-0.2, -0.15) is 0 Å². The highest BCUT2D eigenvalue weighted by atomic mass is 35.5. The van der Waals surface area contributed by atoms with Crippen molar-refractivity contribution >= 4 is 34.2 Å². The third-order valence-corrected chi connectivity index (χ3v) is 8.54. The first-order chi connectivity index (χ1) is 19.1. The van der Waals surface area contributed by atoms with E-state index in [4.69, 9.17) is 21.7 Å². The molecule has 0 spiro atoms. The van der Waals surface area contributed by atoms with Crippen LogP contribution in [0.1, 0.15) is 72.9 Å². The summed E-state index contributed by atoms with van der Waals surface area (Å²) in [6.07, 6.45) is 5.00. The van der Waals surface area contributed by atoms with Gasteiger partial charge < -0.3 is 19.5 Å². The number of rotatable bonds is 10. The highest BCUT2D eigenvalue weighted by molar-refractivity contribution is 6.35. The van der Waals surface area contributed by atoms with Crippen molar-refractivity contribution in [2.75, 3.05) is 13.2 Å². The molecule has 2 saturated carbocycles. The van der Waals surface area contributed by atoms with Crippen LogP contribution in [0.2, 0.25) is 5.02 Å². The van der Waals surface area contributed by atoms with E-state index in [1.54, 1.807) is 6.20 Å². The van der Waals surface area contributed by atoms with Crippen LogP contribution in [0, 0.1) is 17.1 Å². The molecule has 0 atom stereocenters. The summed E-state index contributed by atoms with van der Waals surface area (Å²) in [6, 6.07) is 9.95. The minimum atomic E-state index is -1.56. The first kappa shape index (κ1) is 28.3. The highest BCUT2D eigenvalue weighted by Gasteiger charge is 2.37. The van der Waals surface area contributed by atoms with Crippen LogP contribution in [-0.2, 0) is 11.3 Å². The molecule has 0 saturated heterocycles. The number of benzene rings is 2. The molecule has 3 N–H and O–H groups in total. The predicted molar refractivity (Wildman–Crippen MR) is 151 cm³/mol. The number of nitrogens with one attached hydrogen (secondary N) is 1. The van der Waals surface area contributed by atoms with E-state index in [1.807, 2.05) is 29.7 Å². The number of carbonyl (C=O) groups is 1. The number of fused-ring (bicyclic) bond motifs is 1. The number of aromatic carboxylic acids is 1. The molecule has 0 aliphatic heterocycles. The molecule has 5 rings (SSSR count). The molecule has 2 fully saturated rings. The van der Waals surface area contributed by atoms with Crippen molar-refractivity contribution in [3.8, 4) is 0 Å². The third-order valence-electron chi connectivity index (χ3n) is 8.23. The molecule has 2 aliphatic carbocycles. The molecule has 2 aromatic carbocycles. The molecule has 40 heavy (non-hydrogen) atoms. The first-order valence-corrected chi connectivity index (χ1v) is 14.1. The molecule has 1 heterocycles. The van der Waals surface area contributed by atoms with Gasteiger partial charge in [-0.15, -0.1) is 0 Å². The molecule has 6 nitrogen and oxygen atoms in total. The fourth-order valence-electron chi connectivity index (χ4n) is 5.71. The number of hydrogen-bond acceptors (Lipinski definition) is 4. The van der Waals surface area contributed by atoms with Gasteiger partial charge in [-0.1, -0.05) is 29.8 Å². The Morgan fingerprint density at radius 3 is 2.52 bits per heavy atom. The van der Waals surface area contributed by atoms with E-state index in [1.165, 1.54) is 18.2 Å². The molecule has 3 aromatic rings. The molecule has 0 unspecified atom stereocenters. The zero-order valence-electron chi connectivity index (χ0n) is 22.4. The zero-order valence-corrected chi connectivity index (χ0v) is 23.1. The van der Waals surface area contributed by atoms with Crippen LogP contribution >= 0.6 is 11.6 Å². The average molecular weight is 571 g/mol. The number of carboxylic acids is 1. The maximum absolute atomic E-state index is 15.8. The molecule has 212 valence electrons. The number of halogens is 3. The van der Waals surface area contributed by atoms with Crippen molar-refractivity contribution in [3.63, 3.8) is 0 Å². The van der Waals surface area contributed by atoms with Crippen molar-refractivity contribution in [3.05, 3.63) is 81.5 Å². The standard InChI is InChI=1S/C31H33ClF2N2O4/c1-2-36-15-22(30(38)39)21-9-8-20(14-26(21)36)18-10-12-31(34,13-11-18)17-40-16-23(29(37)19-6-7-19)28(35)27-24(32)4-3-5-25(27)33/h3-5,8-9,14-15,18-19,35,37H,2,6-7,10-13,16-17H2,1H3,(H,38,39)/b29-23-,35-28?. The maximum atomic E-state index is 15.8. The molecule has 0 radical (unpaired) electrons. The van der Waals surface area contributed by atoms with E-state index in [0.717, 1.165) is 23.9 Å². The smallest absolute Gasteiger partial charge is 0.337 e. The number of alkyl halides is 1. The second kappa shape index (κ2) is 11.3. The first-order valence-electron chi connectivity index (χ1n) is 13.7. The Morgan fingerprint density at radius 2 is 1.90 bits per heavy atom. The number of aryl methyl sites for hydroxylation is 1. The van der Waals surface area contributed by atoms with Gasteiger partial charge >= 0.3 is 5.97 Å². The van der Waals surface area contributed by atoms with Crippen LogP contribution < -0.4 is 0 Å². The summed E-state index contributed by atoms with van der Waals surface area (Å²) in [4.78, 5) is 11.6. The van der Waals surface area contributed by atoms with Gasteiger partial charge in [0.05, 0.1) is 35.1 Å². The number of carboxylic acid groups (broad SMARTS) is 1. The summed E-state index contributed by atoms with van der Waals surface area (Å²) in [5.74, 6) is -1.59. The Labute approximate surface area is 236 Å². The molecular weight excluding hydrogens is 538 g/mol. The van der Waals surface area contributed by atoms with Crippen LogP contribution in [0.25, 0.3) is 10.9 Å². The maximum Gasteiger partial charge on any atom is 0.337 e. The minimum Gasteiger partial charge on any atom is -0.512 e. The average Bonchev–Trinajstić information content (AvgIpc) is 3.71. The van der Waals surface area contributed by atoms with Crippen LogP contribution in [0.3, 0.4) is 0 Å². The summed E-state index contributed by atoms with van der Waals surface area (Å²) < 4.78 is 38.0. The Bertz CT molecular complexity index is 1470. The third kappa shape index (κ3) is 5.65. The van der Waals surface area contributed by atoms with Gasteiger partial charge in [0.2, 0.25) is 0 Å². The van der Waals surface area contributed by atoms with Crippen LogP contribution in [0.4, 0.5) is 8.78 Å². The van der Waals surface area contributed by atoms with Gasteiger partial charge in [0.1, 0.15) is 17.2 Å². The largest absolute Gasteiger partial charge is 0.512 e. The van der Waals surface area contributed by atoms with Crippen LogP contribution in [0.5, 0.6) is 0 Å².